The third-order valence-electron chi connectivity index (χ3n) is 4.84. The first-order valence-electron chi connectivity index (χ1n) is 8.04. The number of hydrogen-bond donors (Lipinski definition) is 1. The van der Waals surface area contributed by atoms with E-state index >= 15 is 0 Å². The molecular formula is C18H20FNO3. The number of aliphatic hydroxyl groups excluding tert-OH is 1. The van der Waals surface area contributed by atoms with E-state index in [1.54, 1.807) is 12.1 Å². The van der Waals surface area contributed by atoms with Crippen LogP contribution in [0.1, 0.15) is 39.0 Å². The maximum atomic E-state index is 14.2. The molecule has 0 unspecified atom stereocenters. The summed E-state index contributed by atoms with van der Waals surface area (Å²) in [5.41, 5.74) is 0.251. The van der Waals surface area contributed by atoms with Crippen LogP contribution in [0.15, 0.2) is 35.6 Å². The standard InChI is InChI=1S/C18H20FNO3/c1-11(21)15-16(12-7-3-2-4-8-12)20(18(23)17(15)22)14-10-6-5-9-13(14)19/h5-6,9-10,12,16,22H,2-4,7-8H2,1H3/t16-/m0/s1. The Morgan fingerprint density at radius 2 is 1.87 bits per heavy atom. The van der Waals surface area contributed by atoms with E-state index in [1.807, 2.05) is 0 Å². The zero-order valence-corrected chi connectivity index (χ0v) is 13.1. The molecule has 0 radical (unpaired) electrons. The number of nitrogens with zero attached hydrogens (tertiary/aromatic N) is 1. The van der Waals surface area contributed by atoms with Gasteiger partial charge in [0.15, 0.2) is 11.5 Å². The van der Waals surface area contributed by atoms with Crippen molar-refractivity contribution in [3.05, 3.63) is 41.4 Å². The molecule has 122 valence electrons. The van der Waals surface area contributed by atoms with Crippen LogP contribution in [-0.2, 0) is 9.59 Å². The molecule has 0 aromatic heterocycles. The number of aliphatic hydroxyl groups is 1. The first-order valence-corrected chi connectivity index (χ1v) is 8.04. The van der Waals surface area contributed by atoms with Crippen molar-refractivity contribution < 1.29 is 19.1 Å². The van der Waals surface area contributed by atoms with Crippen molar-refractivity contribution >= 4 is 17.4 Å². The molecule has 1 aromatic rings. The summed E-state index contributed by atoms with van der Waals surface area (Å²) in [6.45, 7) is 1.35. The molecule has 0 bridgehead atoms. The molecule has 2 aliphatic rings. The number of halogens is 1. The van der Waals surface area contributed by atoms with E-state index in [4.69, 9.17) is 0 Å². The minimum absolute atomic E-state index is 0.0656. The number of hydrogen-bond acceptors (Lipinski definition) is 3. The molecular weight excluding hydrogens is 297 g/mol. The van der Waals surface area contributed by atoms with E-state index in [9.17, 15) is 19.1 Å². The van der Waals surface area contributed by atoms with Crippen LogP contribution in [0.2, 0.25) is 0 Å². The van der Waals surface area contributed by atoms with Gasteiger partial charge in [-0.3, -0.25) is 14.5 Å². The molecule has 1 aliphatic carbocycles. The van der Waals surface area contributed by atoms with Crippen molar-refractivity contribution in [1.29, 1.82) is 0 Å². The fourth-order valence-corrected chi connectivity index (χ4v) is 3.80. The Morgan fingerprint density at radius 1 is 1.22 bits per heavy atom. The lowest BCUT2D eigenvalue weighted by Gasteiger charge is -2.35. The number of benzene rings is 1. The molecule has 1 fully saturated rings. The van der Waals surface area contributed by atoms with Gasteiger partial charge in [0, 0.05) is 0 Å². The second-order valence-electron chi connectivity index (χ2n) is 6.29. The molecule has 23 heavy (non-hydrogen) atoms. The smallest absolute Gasteiger partial charge is 0.294 e. The second kappa shape index (κ2) is 6.14. The lowest BCUT2D eigenvalue weighted by atomic mass is 9.80. The highest BCUT2D eigenvalue weighted by atomic mass is 19.1. The van der Waals surface area contributed by atoms with E-state index in [1.165, 1.54) is 24.0 Å². The Hall–Kier alpha value is -2.17. The van der Waals surface area contributed by atoms with Gasteiger partial charge < -0.3 is 5.11 Å². The van der Waals surface area contributed by atoms with Crippen molar-refractivity contribution in [2.45, 2.75) is 45.1 Å². The summed E-state index contributed by atoms with van der Waals surface area (Å²) in [7, 11) is 0. The van der Waals surface area contributed by atoms with Gasteiger partial charge in [0.05, 0.1) is 17.3 Å². The number of amides is 1. The maximum Gasteiger partial charge on any atom is 0.294 e. The monoisotopic (exact) mass is 317 g/mol. The minimum Gasteiger partial charge on any atom is -0.503 e. The lowest BCUT2D eigenvalue weighted by Crippen LogP contribution is -2.43. The number of rotatable bonds is 3. The predicted molar refractivity (Wildman–Crippen MR) is 84.6 cm³/mol. The van der Waals surface area contributed by atoms with E-state index in [0.717, 1.165) is 32.1 Å². The quantitative estimate of drug-likeness (QED) is 0.928. The van der Waals surface area contributed by atoms with Crippen molar-refractivity contribution in [3.63, 3.8) is 0 Å². The Labute approximate surface area is 134 Å². The van der Waals surface area contributed by atoms with Crippen LogP contribution in [-0.4, -0.2) is 22.8 Å². The average molecular weight is 317 g/mol. The van der Waals surface area contributed by atoms with E-state index in [-0.39, 0.29) is 23.0 Å². The summed E-state index contributed by atoms with van der Waals surface area (Å²) in [5.74, 6) is -2.01. The van der Waals surface area contributed by atoms with Gasteiger partial charge in [-0.1, -0.05) is 31.4 Å². The highest BCUT2D eigenvalue weighted by Crippen LogP contribution is 2.40. The SMILES string of the molecule is CC(=O)C1=C(O)C(=O)N(c2ccccc2F)[C@H]1C1CCCCC1. The van der Waals surface area contributed by atoms with Gasteiger partial charge in [0.25, 0.3) is 5.91 Å². The summed E-state index contributed by atoms with van der Waals surface area (Å²) in [6.07, 6.45) is 4.90. The van der Waals surface area contributed by atoms with Gasteiger partial charge in [0.2, 0.25) is 0 Å². The van der Waals surface area contributed by atoms with Crippen molar-refractivity contribution in [1.82, 2.24) is 0 Å². The van der Waals surface area contributed by atoms with Gasteiger partial charge in [-0.25, -0.2) is 4.39 Å². The molecule has 1 atom stereocenters. The molecule has 3 rings (SSSR count). The second-order valence-corrected chi connectivity index (χ2v) is 6.29. The zero-order chi connectivity index (χ0) is 16.6. The highest BCUT2D eigenvalue weighted by molar-refractivity contribution is 6.16. The topological polar surface area (TPSA) is 57.6 Å². The Kier molecular flexibility index (Phi) is 4.20. The van der Waals surface area contributed by atoms with Crippen LogP contribution in [0, 0.1) is 11.7 Å². The van der Waals surface area contributed by atoms with Crippen LogP contribution in [0.4, 0.5) is 10.1 Å². The van der Waals surface area contributed by atoms with Gasteiger partial charge in [-0.2, -0.15) is 0 Å². The summed E-state index contributed by atoms with van der Waals surface area (Å²) in [4.78, 5) is 25.8. The van der Waals surface area contributed by atoms with Gasteiger partial charge in [-0.05, 0) is 37.8 Å². The molecule has 1 aromatic carbocycles. The third-order valence-corrected chi connectivity index (χ3v) is 4.84. The number of carbonyl (C=O) groups excluding carboxylic acids is 2. The van der Waals surface area contributed by atoms with Crippen LogP contribution >= 0.6 is 0 Å². The number of carbonyl (C=O) groups is 2. The van der Waals surface area contributed by atoms with Crippen LogP contribution in [0.25, 0.3) is 0 Å². The Morgan fingerprint density at radius 3 is 2.48 bits per heavy atom. The highest BCUT2D eigenvalue weighted by Gasteiger charge is 2.46. The number of anilines is 1. The summed E-state index contributed by atoms with van der Waals surface area (Å²) < 4.78 is 14.2. The van der Waals surface area contributed by atoms with Crippen molar-refractivity contribution in [2.24, 2.45) is 5.92 Å². The molecule has 1 amide bonds. The van der Waals surface area contributed by atoms with Gasteiger partial charge in [0.1, 0.15) is 5.82 Å². The predicted octanol–water partition coefficient (Wildman–Crippen LogP) is 3.52. The molecule has 5 heteroatoms. The van der Waals surface area contributed by atoms with Crippen LogP contribution in [0.3, 0.4) is 0 Å². The summed E-state index contributed by atoms with van der Waals surface area (Å²) >= 11 is 0. The molecule has 4 nitrogen and oxygen atoms in total. The largest absolute Gasteiger partial charge is 0.503 e. The van der Waals surface area contributed by atoms with E-state index in [2.05, 4.69) is 0 Å². The number of Topliss-reactive ketones (excluding diaryl/α,β-unsaturated/α-hetero) is 1. The Balaban J connectivity index is 2.08. The first kappa shape index (κ1) is 15.7. The van der Waals surface area contributed by atoms with E-state index < -0.39 is 23.5 Å². The van der Waals surface area contributed by atoms with Crippen molar-refractivity contribution in [3.8, 4) is 0 Å². The Bertz CT molecular complexity index is 677. The zero-order valence-electron chi connectivity index (χ0n) is 13.1. The fraction of sp³-hybridized carbons (Fsp3) is 0.444. The number of ketones is 1. The molecule has 0 saturated heterocycles. The summed E-state index contributed by atoms with van der Waals surface area (Å²) in [5, 5.41) is 10.2. The molecule has 1 saturated carbocycles. The van der Waals surface area contributed by atoms with E-state index in [0.29, 0.717) is 0 Å². The fourth-order valence-electron chi connectivity index (χ4n) is 3.80. The minimum atomic E-state index is -0.684. The lowest BCUT2D eigenvalue weighted by molar-refractivity contribution is -0.117. The van der Waals surface area contributed by atoms with Gasteiger partial charge >= 0.3 is 0 Å². The average Bonchev–Trinajstić information content (AvgIpc) is 2.81. The molecule has 1 heterocycles. The third kappa shape index (κ3) is 2.64. The van der Waals surface area contributed by atoms with Gasteiger partial charge in [-0.15, -0.1) is 0 Å². The van der Waals surface area contributed by atoms with Crippen molar-refractivity contribution in [2.75, 3.05) is 4.90 Å². The molecule has 1 N–H and O–H groups in total. The molecule has 1 aliphatic heterocycles. The maximum absolute atomic E-state index is 14.2. The van der Waals surface area contributed by atoms with Crippen LogP contribution in [0.5, 0.6) is 0 Å². The normalized spacial score (nSPS) is 22.8. The first-order chi connectivity index (χ1) is 11.0. The summed E-state index contributed by atoms with van der Waals surface area (Å²) in [6, 6.07) is 5.42. The number of para-hydroxylation sites is 1. The van der Waals surface area contributed by atoms with Crippen LogP contribution < -0.4 is 4.90 Å². The molecule has 0 spiro atoms.